The number of hydrogen-bond acceptors (Lipinski definition) is 8. The van der Waals surface area contributed by atoms with E-state index in [9.17, 15) is 9.90 Å². The lowest BCUT2D eigenvalue weighted by Crippen LogP contribution is -2.42. The van der Waals surface area contributed by atoms with Gasteiger partial charge in [0.1, 0.15) is 30.5 Å². The first-order valence-corrected chi connectivity index (χ1v) is 12.6. The average molecular weight is 518 g/mol. The Morgan fingerprint density at radius 2 is 2.03 bits per heavy atom. The number of anilines is 3. The molecule has 0 saturated carbocycles. The number of nitrogens with zero attached hydrogens (tertiary/aromatic N) is 5. The zero-order valence-electron chi connectivity index (χ0n) is 21.2. The molecular weight excluding hydrogens is 489 g/mol. The van der Waals surface area contributed by atoms with Crippen LogP contribution in [0.1, 0.15) is 18.2 Å². The van der Waals surface area contributed by atoms with Crippen LogP contribution in [0.15, 0.2) is 36.7 Å². The van der Waals surface area contributed by atoms with Crippen LogP contribution in [0, 0.1) is 12.7 Å². The predicted octanol–water partition coefficient (Wildman–Crippen LogP) is 3.25. The predicted molar refractivity (Wildman–Crippen MR) is 141 cm³/mol. The molecule has 0 radical (unpaired) electrons. The Hall–Kier alpha value is -4.25. The molecule has 3 aromatic heterocycles. The Balaban J connectivity index is 1.28. The Morgan fingerprint density at radius 1 is 1.16 bits per heavy atom. The molecule has 2 aliphatic heterocycles. The molecule has 0 fully saturated rings. The van der Waals surface area contributed by atoms with E-state index >= 15 is 4.39 Å². The zero-order valence-corrected chi connectivity index (χ0v) is 21.2. The van der Waals surface area contributed by atoms with E-state index in [-0.39, 0.29) is 30.9 Å². The van der Waals surface area contributed by atoms with Gasteiger partial charge in [0.2, 0.25) is 11.8 Å². The summed E-state index contributed by atoms with van der Waals surface area (Å²) in [5.41, 5.74) is 3.73. The Labute approximate surface area is 218 Å². The van der Waals surface area contributed by atoms with E-state index in [2.05, 4.69) is 25.7 Å². The van der Waals surface area contributed by atoms with Gasteiger partial charge in [0.15, 0.2) is 5.82 Å². The Morgan fingerprint density at radius 3 is 2.87 bits per heavy atom. The number of fused-ring (bicyclic) bond motifs is 3. The average Bonchev–Trinajstić information content (AvgIpc) is 3.21. The number of rotatable bonds is 5. The molecule has 0 spiro atoms. The minimum absolute atomic E-state index is 0.0754. The van der Waals surface area contributed by atoms with Crippen molar-refractivity contribution in [2.75, 3.05) is 36.9 Å². The Kier molecular flexibility index (Phi) is 6.07. The van der Waals surface area contributed by atoms with Crippen molar-refractivity contribution in [3.63, 3.8) is 0 Å². The third-order valence-electron chi connectivity index (χ3n) is 7.17. The summed E-state index contributed by atoms with van der Waals surface area (Å²) in [6.45, 7) is 5.53. The van der Waals surface area contributed by atoms with E-state index in [0.717, 1.165) is 22.3 Å². The van der Waals surface area contributed by atoms with Gasteiger partial charge in [-0.1, -0.05) is 0 Å². The van der Waals surface area contributed by atoms with Crippen LogP contribution in [0.4, 0.5) is 21.7 Å². The summed E-state index contributed by atoms with van der Waals surface area (Å²) in [5, 5.41) is 22.0. The number of nitrogens with one attached hydrogen (secondary N) is 2. The molecule has 11 heteroatoms. The maximum absolute atomic E-state index is 15.2. The highest BCUT2D eigenvalue weighted by Gasteiger charge is 2.25. The van der Waals surface area contributed by atoms with Gasteiger partial charge < -0.3 is 25.4 Å². The minimum Gasteiger partial charge on any atom is -0.474 e. The van der Waals surface area contributed by atoms with Gasteiger partial charge >= 0.3 is 0 Å². The van der Waals surface area contributed by atoms with E-state index in [1.165, 1.54) is 6.07 Å². The van der Waals surface area contributed by atoms with Crippen LogP contribution in [0.2, 0.25) is 0 Å². The van der Waals surface area contributed by atoms with E-state index in [4.69, 9.17) is 4.74 Å². The smallest absolute Gasteiger partial charge is 0.244 e. The van der Waals surface area contributed by atoms with Gasteiger partial charge in [0.25, 0.3) is 0 Å². The summed E-state index contributed by atoms with van der Waals surface area (Å²) < 4.78 is 22.5. The number of benzene rings is 1. The van der Waals surface area contributed by atoms with Gasteiger partial charge in [-0.15, -0.1) is 0 Å². The highest BCUT2D eigenvalue weighted by atomic mass is 19.1. The van der Waals surface area contributed by atoms with Gasteiger partial charge in [0.05, 0.1) is 12.6 Å². The van der Waals surface area contributed by atoms with Gasteiger partial charge in [-0.05, 0) is 43.0 Å². The van der Waals surface area contributed by atoms with Crippen LogP contribution in [-0.2, 0) is 17.8 Å². The van der Waals surface area contributed by atoms with Gasteiger partial charge in [-0.2, -0.15) is 5.10 Å². The molecule has 6 rings (SSSR count). The first-order valence-electron chi connectivity index (χ1n) is 12.6. The number of amides is 1. The molecule has 196 valence electrons. The lowest BCUT2D eigenvalue weighted by molar-refractivity contribution is -0.134. The van der Waals surface area contributed by atoms with Gasteiger partial charge in [0, 0.05) is 60.2 Å². The van der Waals surface area contributed by atoms with Gasteiger partial charge in [-0.25, -0.2) is 14.4 Å². The molecule has 2 aliphatic rings. The van der Waals surface area contributed by atoms with Crippen molar-refractivity contribution < 1.29 is 19.0 Å². The molecule has 38 heavy (non-hydrogen) atoms. The fraction of sp³-hybridized carbons (Fsp3) is 0.333. The standard InChI is InChI=1S/C27H28FN7O3/c1-15(14-36)34-5-3-19-10-24(33-35(19)13-25(34)37)32-23-9-17-7-20(22(28)8-18(17)11-30-23)21-12-31-27-26(16(21)2)29-4-6-38-27/h7-12,15,29,36H,3-6,13-14H2,1-2H3,(H,30,32,33)/t15-/m0/s1. The molecule has 0 aliphatic carbocycles. The lowest BCUT2D eigenvalue weighted by Gasteiger charge is -2.25. The zero-order chi connectivity index (χ0) is 26.4. The van der Waals surface area contributed by atoms with Crippen LogP contribution in [-0.4, -0.2) is 68.0 Å². The molecule has 3 N–H and O–H groups in total. The summed E-state index contributed by atoms with van der Waals surface area (Å²) in [6, 6.07) is 6.80. The maximum Gasteiger partial charge on any atom is 0.244 e. The van der Waals surface area contributed by atoms with Crippen molar-refractivity contribution in [1.82, 2.24) is 24.6 Å². The second kappa shape index (κ2) is 9.56. The number of aliphatic hydroxyl groups is 1. The molecule has 0 saturated heterocycles. The topological polar surface area (TPSA) is 117 Å². The largest absolute Gasteiger partial charge is 0.474 e. The van der Waals surface area contributed by atoms with Crippen LogP contribution in [0.25, 0.3) is 21.9 Å². The molecule has 5 heterocycles. The Bertz CT molecular complexity index is 1550. The number of carbonyl (C=O) groups excluding carboxylic acids is 1. The molecular formula is C27H28FN7O3. The molecule has 10 nitrogen and oxygen atoms in total. The fourth-order valence-corrected chi connectivity index (χ4v) is 5.06. The molecule has 4 aromatic rings. The number of pyridine rings is 2. The first kappa shape index (κ1) is 24.1. The third-order valence-corrected chi connectivity index (χ3v) is 7.17. The molecule has 1 atom stereocenters. The first-order chi connectivity index (χ1) is 18.4. The molecule has 1 amide bonds. The van der Waals surface area contributed by atoms with Crippen LogP contribution < -0.4 is 15.4 Å². The lowest BCUT2D eigenvalue weighted by atomic mass is 9.98. The number of carbonyl (C=O) groups is 1. The van der Waals surface area contributed by atoms with Crippen molar-refractivity contribution in [1.29, 1.82) is 0 Å². The fourth-order valence-electron chi connectivity index (χ4n) is 5.06. The summed E-state index contributed by atoms with van der Waals surface area (Å²) in [5.74, 6) is 1.23. The van der Waals surface area contributed by atoms with E-state index in [1.54, 1.807) is 28.0 Å². The van der Waals surface area contributed by atoms with E-state index in [0.29, 0.717) is 60.1 Å². The third kappa shape index (κ3) is 4.28. The second-order valence-corrected chi connectivity index (χ2v) is 9.67. The van der Waals surface area contributed by atoms with Crippen LogP contribution >= 0.6 is 0 Å². The number of aliphatic hydroxyl groups excluding tert-OH is 1. The quantitative estimate of drug-likeness (QED) is 0.369. The number of ether oxygens (including phenoxy) is 1. The van der Waals surface area contributed by atoms with Crippen molar-refractivity contribution >= 4 is 34.0 Å². The summed E-state index contributed by atoms with van der Waals surface area (Å²) in [7, 11) is 0. The SMILES string of the molecule is Cc1c(-c2cc3cc(Nc4cc5n(n4)CC(=O)N([C@@H](C)CO)CC5)ncc3cc2F)cnc2c1NCCO2. The normalized spacial score (nSPS) is 15.8. The maximum atomic E-state index is 15.2. The molecule has 0 unspecified atom stereocenters. The number of halogens is 1. The van der Waals surface area contributed by atoms with Gasteiger partial charge in [-0.3, -0.25) is 9.48 Å². The second-order valence-electron chi connectivity index (χ2n) is 9.67. The minimum atomic E-state index is -0.353. The highest BCUT2D eigenvalue weighted by Crippen LogP contribution is 2.37. The van der Waals surface area contributed by atoms with Crippen LogP contribution in [0.3, 0.4) is 0 Å². The van der Waals surface area contributed by atoms with E-state index in [1.807, 2.05) is 26.0 Å². The van der Waals surface area contributed by atoms with Crippen molar-refractivity contribution in [3.8, 4) is 17.0 Å². The number of hydrogen-bond donors (Lipinski definition) is 3. The van der Waals surface area contributed by atoms with Crippen molar-refractivity contribution in [2.45, 2.75) is 32.9 Å². The summed E-state index contributed by atoms with van der Waals surface area (Å²) in [6.07, 6.45) is 3.90. The molecule has 1 aromatic carbocycles. The highest BCUT2D eigenvalue weighted by molar-refractivity contribution is 5.90. The summed E-state index contributed by atoms with van der Waals surface area (Å²) in [4.78, 5) is 23.2. The van der Waals surface area contributed by atoms with Crippen molar-refractivity contribution in [3.05, 3.63) is 53.7 Å². The van der Waals surface area contributed by atoms with Crippen LogP contribution in [0.5, 0.6) is 5.88 Å². The summed E-state index contributed by atoms with van der Waals surface area (Å²) >= 11 is 0. The van der Waals surface area contributed by atoms with Crippen molar-refractivity contribution in [2.24, 2.45) is 0 Å². The molecule has 0 bridgehead atoms. The monoisotopic (exact) mass is 517 g/mol. The number of aromatic nitrogens is 4. The van der Waals surface area contributed by atoms with E-state index < -0.39 is 0 Å².